The predicted molar refractivity (Wildman–Crippen MR) is 152 cm³/mol. The van der Waals surface area contributed by atoms with E-state index in [9.17, 15) is 14.0 Å². The van der Waals surface area contributed by atoms with Crippen molar-refractivity contribution in [1.82, 2.24) is 14.9 Å². The van der Waals surface area contributed by atoms with Crippen molar-refractivity contribution in [2.75, 3.05) is 50.6 Å². The van der Waals surface area contributed by atoms with Gasteiger partial charge in [0, 0.05) is 55.3 Å². The molecule has 10 heteroatoms. The van der Waals surface area contributed by atoms with E-state index in [-0.39, 0.29) is 24.0 Å². The number of aromatic amines is 1. The molecule has 0 saturated carbocycles. The van der Waals surface area contributed by atoms with E-state index < -0.39 is 11.8 Å². The van der Waals surface area contributed by atoms with Crippen molar-refractivity contribution in [3.8, 4) is 0 Å². The van der Waals surface area contributed by atoms with Gasteiger partial charge in [-0.15, -0.1) is 0 Å². The molecule has 0 radical (unpaired) electrons. The number of carbonyl (C=O) groups excluding carboxylic acids is 2. The summed E-state index contributed by atoms with van der Waals surface area (Å²) in [7, 11) is 1.72. The summed E-state index contributed by atoms with van der Waals surface area (Å²) in [4.78, 5) is 35.9. The molecule has 0 bridgehead atoms. The van der Waals surface area contributed by atoms with Crippen molar-refractivity contribution in [2.24, 2.45) is 0 Å². The maximum atomic E-state index is 14.4. The number of hydrogen-bond donors (Lipinski definition) is 3. The van der Waals surface area contributed by atoms with Crippen molar-refractivity contribution in [1.29, 1.82) is 0 Å². The van der Waals surface area contributed by atoms with Crippen molar-refractivity contribution < 1.29 is 23.5 Å². The first-order valence-electron chi connectivity index (χ1n) is 13.6. The Morgan fingerprint density at radius 2 is 2.00 bits per heavy atom. The minimum atomic E-state index is -0.543. The number of hydrogen-bond acceptors (Lipinski definition) is 7. The molecule has 2 aromatic carbocycles. The van der Waals surface area contributed by atoms with Crippen LogP contribution in [0.15, 0.2) is 42.5 Å². The second-order valence-electron chi connectivity index (χ2n) is 9.99. The number of methoxy groups -OCH3 is 1. The van der Waals surface area contributed by atoms with Crippen LogP contribution >= 0.6 is 0 Å². The minimum absolute atomic E-state index is 0.192. The number of fused-ring (bicyclic) bond motifs is 1. The van der Waals surface area contributed by atoms with Gasteiger partial charge in [0.1, 0.15) is 17.3 Å². The van der Waals surface area contributed by atoms with Crippen LogP contribution in [0.25, 0.3) is 11.1 Å². The van der Waals surface area contributed by atoms with Crippen molar-refractivity contribution in [3.63, 3.8) is 0 Å². The number of nitrogens with one attached hydrogen (secondary N) is 3. The molecule has 3 heterocycles. The van der Waals surface area contributed by atoms with E-state index in [1.165, 1.54) is 12.1 Å². The number of imidazole rings is 1. The fourth-order valence-electron chi connectivity index (χ4n) is 5.29. The lowest BCUT2D eigenvalue weighted by atomic mass is 9.94. The van der Waals surface area contributed by atoms with Gasteiger partial charge < -0.3 is 30.0 Å². The molecule has 3 aromatic rings. The molecule has 1 fully saturated rings. The second kappa shape index (κ2) is 12.0. The Bertz CT molecular complexity index is 1440. The van der Waals surface area contributed by atoms with Crippen molar-refractivity contribution in [3.05, 3.63) is 76.6 Å². The molecule has 1 amide bonds. The van der Waals surface area contributed by atoms with E-state index in [0.717, 1.165) is 44.8 Å². The number of piperidine rings is 1. The summed E-state index contributed by atoms with van der Waals surface area (Å²) in [6.07, 6.45) is 2.00. The summed E-state index contributed by atoms with van der Waals surface area (Å²) < 4.78 is 24.8. The van der Waals surface area contributed by atoms with Crippen molar-refractivity contribution in [2.45, 2.75) is 32.7 Å². The highest BCUT2D eigenvalue weighted by Gasteiger charge is 2.31. The lowest BCUT2D eigenvalue weighted by Gasteiger charge is -2.32. The number of ether oxygens (including phenoxy) is 2. The summed E-state index contributed by atoms with van der Waals surface area (Å²) in [6.45, 7) is 7.25. The third-order valence-corrected chi connectivity index (χ3v) is 7.30. The van der Waals surface area contributed by atoms with Crippen LogP contribution in [-0.2, 0) is 14.3 Å². The maximum Gasteiger partial charge on any atom is 0.356 e. The molecule has 5 rings (SSSR count). The molecule has 1 saturated heterocycles. The number of benzene rings is 2. The molecule has 1 aromatic heterocycles. The third-order valence-electron chi connectivity index (χ3n) is 7.30. The Labute approximate surface area is 232 Å². The quantitative estimate of drug-likeness (QED) is 0.268. The summed E-state index contributed by atoms with van der Waals surface area (Å²) in [5.41, 5.74) is 4.06. The average Bonchev–Trinajstić information content (AvgIpc) is 3.48. The number of likely N-dealkylation sites (tertiary alicyclic amines) is 1. The van der Waals surface area contributed by atoms with Gasteiger partial charge >= 0.3 is 5.97 Å². The first-order valence-corrected chi connectivity index (χ1v) is 13.6. The smallest absolute Gasteiger partial charge is 0.356 e. The molecule has 2 aliphatic heterocycles. The zero-order valence-corrected chi connectivity index (χ0v) is 23.0. The largest absolute Gasteiger partial charge is 0.461 e. The Morgan fingerprint density at radius 3 is 2.73 bits per heavy atom. The van der Waals surface area contributed by atoms with E-state index in [1.807, 2.05) is 18.2 Å². The van der Waals surface area contributed by atoms with Crippen LogP contribution < -0.4 is 10.6 Å². The van der Waals surface area contributed by atoms with E-state index in [0.29, 0.717) is 39.7 Å². The molecule has 2 aliphatic rings. The van der Waals surface area contributed by atoms with Gasteiger partial charge in [0.15, 0.2) is 0 Å². The Morgan fingerprint density at radius 1 is 1.20 bits per heavy atom. The average molecular weight is 548 g/mol. The molecule has 0 aliphatic carbocycles. The van der Waals surface area contributed by atoms with Gasteiger partial charge in [0.25, 0.3) is 5.91 Å². The number of halogens is 1. The lowest BCUT2D eigenvalue weighted by molar-refractivity contribution is -0.110. The molecule has 0 unspecified atom stereocenters. The fraction of sp³-hybridized carbons (Fsp3) is 0.367. The molecular weight excluding hydrogens is 513 g/mol. The molecule has 0 atom stereocenters. The van der Waals surface area contributed by atoms with Gasteiger partial charge in [-0.05, 0) is 62.6 Å². The van der Waals surface area contributed by atoms with Gasteiger partial charge in [-0.2, -0.15) is 0 Å². The highest BCUT2D eigenvalue weighted by Crippen LogP contribution is 2.41. The zero-order valence-electron chi connectivity index (χ0n) is 23.0. The molecule has 210 valence electrons. The van der Waals surface area contributed by atoms with Crippen LogP contribution in [0.1, 0.15) is 52.9 Å². The van der Waals surface area contributed by atoms with Crippen LogP contribution in [0, 0.1) is 12.7 Å². The molecule has 40 heavy (non-hydrogen) atoms. The van der Waals surface area contributed by atoms with E-state index in [2.05, 4.69) is 25.5 Å². The number of H-pyrrole nitrogens is 1. The monoisotopic (exact) mass is 547 g/mol. The highest BCUT2D eigenvalue weighted by molar-refractivity contribution is 6.38. The van der Waals surface area contributed by atoms with Crippen molar-refractivity contribution >= 4 is 34.4 Å². The second-order valence-corrected chi connectivity index (χ2v) is 9.99. The summed E-state index contributed by atoms with van der Waals surface area (Å²) >= 11 is 0. The number of aryl methyl sites for hydroxylation is 1. The molecule has 0 spiro atoms. The van der Waals surface area contributed by atoms with Gasteiger partial charge in [-0.1, -0.05) is 12.1 Å². The SMILES string of the molecule is CCOC(=O)c1[nH]c(C(=C2C(=O)Nc3ccc(NC4CCN(CCOC)CC4)cc32)c2cccc(F)c2)nc1C. The first-order chi connectivity index (χ1) is 19.4. The Kier molecular flexibility index (Phi) is 8.27. The van der Waals surface area contributed by atoms with Crippen LogP contribution in [0.3, 0.4) is 0 Å². The van der Waals surface area contributed by atoms with Gasteiger partial charge in [0.05, 0.1) is 24.5 Å². The van der Waals surface area contributed by atoms with E-state index >= 15 is 0 Å². The number of carbonyl (C=O) groups is 2. The highest BCUT2D eigenvalue weighted by atomic mass is 19.1. The first kappa shape index (κ1) is 27.5. The number of nitrogens with zero attached hydrogens (tertiary/aromatic N) is 2. The number of anilines is 2. The maximum absolute atomic E-state index is 14.4. The topological polar surface area (TPSA) is 109 Å². The summed E-state index contributed by atoms with van der Waals surface area (Å²) in [6, 6.07) is 12.1. The van der Waals surface area contributed by atoms with Crippen LogP contribution in [-0.4, -0.2) is 72.7 Å². The minimum Gasteiger partial charge on any atom is -0.461 e. The third kappa shape index (κ3) is 5.78. The van der Waals surface area contributed by atoms with Crippen LogP contribution in [0.2, 0.25) is 0 Å². The van der Waals surface area contributed by atoms with Gasteiger partial charge in [-0.3, -0.25) is 4.79 Å². The number of rotatable bonds is 9. The predicted octanol–water partition coefficient (Wildman–Crippen LogP) is 4.47. The van der Waals surface area contributed by atoms with Crippen LogP contribution in [0.5, 0.6) is 0 Å². The fourth-order valence-corrected chi connectivity index (χ4v) is 5.29. The summed E-state index contributed by atoms with van der Waals surface area (Å²) in [5, 5.41) is 6.56. The number of amides is 1. The lowest BCUT2D eigenvalue weighted by Crippen LogP contribution is -2.40. The van der Waals surface area contributed by atoms with Crippen LogP contribution in [0.4, 0.5) is 15.8 Å². The normalized spacial score (nSPS) is 16.9. The molecule has 9 nitrogen and oxygen atoms in total. The molecular formula is C30H34FN5O4. The zero-order chi connectivity index (χ0) is 28.2. The van der Waals surface area contributed by atoms with E-state index in [1.54, 1.807) is 33.1 Å². The van der Waals surface area contributed by atoms with Gasteiger partial charge in [-0.25, -0.2) is 14.2 Å². The summed E-state index contributed by atoms with van der Waals surface area (Å²) in [5.74, 6) is -1.04. The number of aromatic nitrogens is 2. The standard InChI is InChI=1S/C30H34FN5O4/c1-4-40-30(38)27-18(2)32-28(35-27)25(19-6-5-7-20(31)16-19)26-23-17-22(8-9-24(23)34-29(26)37)33-21-10-12-36(13-11-21)14-15-39-3/h5-9,16-17,21,33H,4,10-15H2,1-3H3,(H,32,35)(H,34,37). The Hall–Kier alpha value is -4.02. The Balaban J connectivity index is 1.52. The van der Waals surface area contributed by atoms with E-state index in [4.69, 9.17) is 9.47 Å². The van der Waals surface area contributed by atoms with Gasteiger partial charge in [0.2, 0.25) is 0 Å². The number of esters is 1. The molecule has 3 N–H and O–H groups in total.